The van der Waals surface area contributed by atoms with Crippen LogP contribution in [0.2, 0.25) is 0 Å². The van der Waals surface area contributed by atoms with Crippen LogP contribution in [0.5, 0.6) is 11.5 Å². The average molecular weight is 428 g/mol. The van der Waals surface area contributed by atoms with E-state index in [0.717, 1.165) is 28.5 Å². The molecule has 1 aliphatic heterocycles. The Morgan fingerprint density at radius 1 is 0.781 bits per heavy atom. The minimum atomic E-state index is 0.169. The van der Waals surface area contributed by atoms with Gasteiger partial charge in [0.1, 0.15) is 6.04 Å². The number of amidine groups is 1. The van der Waals surface area contributed by atoms with Crippen LogP contribution < -0.4 is 9.47 Å². The van der Waals surface area contributed by atoms with E-state index >= 15 is 0 Å². The summed E-state index contributed by atoms with van der Waals surface area (Å²) in [7, 11) is 9.68. The predicted molar refractivity (Wildman–Crippen MR) is 133 cm³/mol. The molecule has 1 heterocycles. The summed E-state index contributed by atoms with van der Waals surface area (Å²) in [6.07, 6.45) is 2.29. The fraction of sp³-hybridized carbons (Fsp3) is 0.250. The first-order valence-corrected chi connectivity index (χ1v) is 10.9. The number of hydrogen-bond donors (Lipinski definition) is 0. The van der Waals surface area contributed by atoms with E-state index in [9.17, 15) is 0 Å². The van der Waals surface area contributed by atoms with Gasteiger partial charge in [-0.25, -0.2) is 0 Å². The molecule has 0 saturated heterocycles. The normalized spacial score (nSPS) is 15.6. The van der Waals surface area contributed by atoms with E-state index in [0.29, 0.717) is 0 Å². The average Bonchev–Trinajstić information content (AvgIpc) is 2.92. The van der Waals surface area contributed by atoms with Crippen LogP contribution >= 0.6 is 0 Å². The summed E-state index contributed by atoms with van der Waals surface area (Å²) in [4.78, 5) is 2.33. The highest BCUT2D eigenvalue weighted by atomic mass is 16.5. The fourth-order valence-electron chi connectivity index (χ4n) is 4.47. The first kappa shape index (κ1) is 21.7. The molecule has 1 unspecified atom stereocenters. The maximum atomic E-state index is 5.62. The molecular formula is C28H31N2O2+. The van der Waals surface area contributed by atoms with Gasteiger partial charge in [-0.3, -0.25) is 9.48 Å². The molecule has 0 bridgehead atoms. The molecule has 0 amide bonds. The Balaban J connectivity index is 1.93. The summed E-state index contributed by atoms with van der Waals surface area (Å²) in [5.74, 6) is 2.60. The standard InChI is InChI=1S/C28H31N2O2/c1-19-24(22-14-10-13-21(15-22)20-11-8-7-9-12-20)16-23-17-26(31-5)27(32-6)18-25(23)28(29(2)3)30(19)4/h7-19H,1-6H3/q+1. The van der Waals surface area contributed by atoms with Gasteiger partial charge in [0.05, 0.1) is 40.9 Å². The minimum absolute atomic E-state index is 0.169. The first-order chi connectivity index (χ1) is 15.4. The zero-order valence-corrected chi connectivity index (χ0v) is 19.7. The molecule has 0 spiro atoms. The van der Waals surface area contributed by atoms with E-state index in [2.05, 4.69) is 110 Å². The molecule has 4 rings (SSSR count). The van der Waals surface area contributed by atoms with Crippen LogP contribution in [0, 0.1) is 0 Å². The summed E-state index contributed by atoms with van der Waals surface area (Å²) < 4.78 is 13.4. The van der Waals surface area contributed by atoms with Crippen molar-refractivity contribution >= 4 is 17.5 Å². The molecule has 0 fully saturated rings. The molecule has 4 heteroatoms. The second-order valence-electron chi connectivity index (χ2n) is 8.35. The molecule has 0 aliphatic carbocycles. The maximum absolute atomic E-state index is 5.62. The Kier molecular flexibility index (Phi) is 6.04. The lowest BCUT2D eigenvalue weighted by molar-refractivity contribution is -0.469. The number of fused-ring (bicyclic) bond motifs is 1. The number of hydrogen-bond acceptors (Lipinski definition) is 2. The number of ether oxygens (including phenoxy) is 2. The van der Waals surface area contributed by atoms with Crippen LogP contribution in [0.15, 0.2) is 66.7 Å². The molecule has 0 saturated carbocycles. The van der Waals surface area contributed by atoms with Crippen molar-refractivity contribution in [3.63, 3.8) is 0 Å². The van der Waals surface area contributed by atoms with Crippen molar-refractivity contribution in [2.24, 2.45) is 0 Å². The van der Waals surface area contributed by atoms with Crippen LogP contribution in [0.25, 0.3) is 22.8 Å². The van der Waals surface area contributed by atoms with Gasteiger partial charge in [0.2, 0.25) is 0 Å². The molecule has 3 aromatic rings. The van der Waals surface area contributed by atoms with Crippen LogP contribution in [-0.4, -0.2) is 56.7 Å². The van der Waals surface area contributed by atoms with E-state index in [1.54, 1.807) is 14.2 Å². The Hall–Kier alpha value is -3.53. The molecule has 4 nitrogen and oxygen atoms in total. The zero-order chi connectivity index (χ0) is 22.8. The molecule has 0 aromatic heterocycles. The SMILES string of the molecule is COc1cc2c(cc1OC)C(=[N+](C)C)N(C)C(C)C(c1cccc(-c3ccccc3)c1)=C2. The third kappa shape index (κ3) is 3.89. The lowest BCUT2D eigenvalue weighted by Crippen LogP contribution is -2.39. The van der Waals surface area contributed by atoms with Gasteiger partial charge >= 0.3 is 0 Å². The Morgan fingerprint density at radius 2 is 1.41 bits per heavy atom. The van der Waals surface area contributed by atoms with Crippen LogP contribution in [-0.2, 0) is 0 Å². The monoisotopic (exact) mass is 427 g/mol. The lowest BCUT2D eigenvalue weighted by Gasteiger charge is -2.23. The number of rotatable bonds is 4. The van der Waals surface area contributed by atoms with Crippen LogP contribution in [0.1, 0.15) is 23.6 Å². The van der Waals surface area contributed by atoms with Gasteiger partial charge in [-0.2, -0.15) is 0 Å². The molecule has 0 N–H and O–H groups in total. The van der Waals surface area contributed by atoms with Crippen molar-refractivity contribution in [1.29, 1.82) is 0 Å². The molecule has 1 atom stereocenters. The van der Waals surface area contributed by atoms with Crippen molar-refractivity contribution in [3.8, 4) is 22.6 Å². The van der Waals surface area contributed by atoms with E-state index in [1.165, 1.54) is 22.3 Å². The zero-order valence-electron chi connectivity index (χ0n) is 19.7. The second kappa shape index (κ2) is 8.91. The van der Waals surface area contributed by atoms with Crippen molar-refractivity contribution in [3.05, 3.63) is 83.4 Å². The van der Waals surface area contributed by atoms with Gasteiger partial charge < -0.3 is 9.47 Å². The fourth-order valence-corrected chi connectivity index (χ4v) is 4.47. The van der Waals surface area contributed by atoms with Gasteiger partial charge in [0, 0.05) is 11.6 Å². The molecule has 3 aromatic carbocycles. The first-order valence-electron chi connectivity index (χ1n) is 10.9. The smallest absolute Gasteiger partial charge is 0.279 e. The lowest BCUT2D eigenvalue weighted by atomic mass is 9.94. The van der Waals surface area contributed by atoms with E-state index in [1.807, 2.05) is 0 Å². The topological polar surface area (TPSA) is 24.7 Å². The number of methoxy groups -OCH3 is 2. The highest BCUT2D eigenvalue weighted by molar-refractivity contribution is 6.05. The summed E-state index contributed by atoms with van der Waals surface area (Å²) in [6, 6.07) is 23.6. The van der Waals surface area contributed by atoms with E-state index in [4.69, 9.17) is 9.47 Å². The van der Waals surface area contributed by atoms with Crippen molar-refractivity contribution in [2.45, 2.75) is 13.0 Å². The minimum Gasteiger partial charge on any atom is -0.493 e. The van der Waals surface area contributed by atoms with Gasteiger partial charge in [-0.15, -0.1) is 0 Å². The summed E-state index contributed by atoms with van der Waals surface area (Å²) in [6.45, 7) is 2.25. The highest BCUT2D eigenvalue weighted by Gasteiger charge is 2.33. The largest absolute Gasteiger partial charge is 0.493 e. The molecular weight excluding hydrogens is 396 g/mol. The number of benzene rings is 3. The van der Waals surface area contributed by atoms with Crippen molar-refractivity contribution in [2.75, 3.05) is 35.4 Å². The maximum Gasteiger partial charge on any atom is 0.279 e. The summed E-state index contributed by atoms with van der Waals surface area (Å²) >= 11 is 0. The molecule has 0 radical (unpaired) electrons. The summed E-state index contributed by atoms with van der Waals surface area (Å²) in [5, 5.41) is 0. The quantitative estimate of drug-likeness (QED) is 0.531. The highest BCUT2D eigenvalue weighted by Crippen LogP contribution is 2.37. The Labute approximate surface area is 191 Å². The Morgan fingerprint density at radius 3 is 2.06 bits per heavy atom. The van der Waals surface area contributed by atoms with Gasteiger partial charge in [0.15, 0.2) is 11.5 Å². The van der Waals surface area contributed by atoms with Crippen LogP contribution in [0.3, 0.4) is 0 Å². The summed E-state index contributed by atoms with van der Waals surface area (Å²) in [5.41, 5.74) is 7.14. The van der Waals surface area contributed by atoms with Gasteiger partial charge in [-0.05, 0) is 47.4 Å². The van der Waals surface area contributed by atoms with E-state index in [-0.39, 0.29) is 6.04 Å². The molecule has 1 aliphatic rings. The third-order valence-electron chi connectivity index (χ3n) is 6.20. The second-order valence-corrected chi connectivity index (χ2v) is 8.35. The molecule has 164 valence electrons. The predicted octanol–water partition coefficient (Wildman–Crippen LogP) is 5.26. The van der Waals surface area contributed by atoms with Gasteiger partial charge in [-0.1, -0.05) is 48.5 Å². The van der Waals surface area contributed by atoms with E-state index < -0.39 is 0 Å². The van der Waals surface area contributed by atoms with Crippen molar-refractivity contribution in [1.82, 2.24) is 4.90 Å². The van der Waals surface area contributed by atoms with Crippen molar-refractivity contribution < 1.29 is 14.0 Å². The number of likely N-dealkylation sites (N-methyl/N-ethyl adjacent to an activating group) is 1. The molecule has 32 heavy (non-hydrogen) atoms. The Bertz CT molecular complexity index is 1190. The third-order valence-corrected chi connectivity index (χ3v) is 6.20. The number of nitrogens with zero attached hydrogens (tertiary/aromatic N) is 2. The van der Waals surface area contributed by atoms with Gasteiger partial charge in [0.25, 0.3) is 5.84 Å². The van der Waals surface area contributed by atoms with Crippen LogP contribution in [0.4, 0.5) is 0 Å².